The van der Waals surface area contributed by atoms with Crippen molar-refractivity contribution in [1.29, 1.82) is 0 Å². The van der Waals surface area contributed by atoms with Gasteiger partial charge in [0.1, 0.15) is 5.75 Å². The molecule has 0 spiro atoms. The Balaban J connectivity index is 1.74. The van der Waals surface area contributed by atoms with Gasteiger partial charge in [0.15, 0.2) is 0 Å². The van der Waals surface area contributed by atoms with Crippen LogP contribution >= 0.6 is 0 Å². The van der Waals surface area contributed by atoms with Crippen LogP contribution in [0.3, 0.4) is 0 Å². The number of nitrogens with zero attached hydrogens (tertiary/aromatic N) is 1. The number of benzene rings is 2. The van der Waals surface area contributed by atoms with Crippen molar-refractivity contribution in [3.8, 4) is 5.75 Å². The van der Waals surface area contributed by atoms with Gasteiger partial charge >= 0.3 is 0 Å². The number of methoxy groups -OCH3 is 1. The molecule has 1 aliphatic rings. The van der Waals surface area contributed by atoms with Crippen LogP contribution in [0.2, 0.25) is 0 Å². The molecule has 2 aromatic rings. The van der Waals surface area contributed by atoms with Crippen LogP contribution in [0.4, 0.5) is 5.69 Å². The van der Waals surface area contributed by atoms with E-state index >= 15 is 0 Å². The van der Waals surface area contributed by atoms with Gasteiger partial charge in [-0.05, 0) is 50.2 Å². The highest BCUT2D eigenvalue weighted by atomic mass is 16.5. The van der Waals surface area contributed by atoms with Crippen LogP contribution in [0.25, 0.3) is 0 Å². The Morgan fingerprint density at radius 3 is 2.57 bits per heavy atom. The molecule has 0 aromatic heterocycles. The topological polar surface area (TPSA) is 70.7 Å². The number of ether oxygens (including phenoxy) is 1. The average Bonchev–Trinajstić information content (AvgIpc) is 2.80. The SMILES string of the molecule is CCC(=O)Nc1cccc(C(=O)NCC(c2ccccc2OC)N2CCCCC2)c1. The van der Waals surface area contributed by atoms with E-state index in [4.69, 9.17) is 4.74 Å². The highest BCUT2D eigenvalue weighted by Gasteiger charge is 2.25. The van der Waals surface area contributed by atoms with Crippen molar-refractivity contribution < 1.29 is 14.3 Å². The summed E-state index contributed by atoms with van der Waals surface area (Å²) in [5.74, 6) is 0.611. The smallest absolute Gasteiger partial charge is 0.251 e. The van der Waals surface area contributed by atoms with Crippen LogP contribution in [-0.2, 0) is 4.79 Å². The van der Waals surface area contributed by atoms with Gasteiger partial charge in [0.2, 0.25) is 5.91 Å². The first-order valence-electron chi connectivity index (χ1n) is 10.7. The van der Waals surface area contributed by atoms with Gasteiger partial charge in [0, 0.05) is 29.8 Å². The van der Waals surface area contributed by atoms with Crippen molar-refractivity contribution in [3.63, 3.8) is 0 Å². The maximum Gasteiger partial charge on any atom is 0.251 e. The summed E-state index contributed by atoms with van der Waals surface area (Å²) in [6, 6.07) is 15.1. The number of carbonyl (C=O) groups excluding carboxylic acids is 2. The van der Waals surface area contributed by atoms with E-state index in [1.165, 1.54) is 19.3 Å². The second-order valence-electron chi connectivity index (χ2n) is 7.55. The molecule has 0 aliphatic carbocycles. The molecule has 160 valence electrons. The van der Waals surface area contributed by atoms with Crippen LogP contribution in [0.5, 0.6) is 5.75 Å². The van der Waals surface area contributed by atoms with E-state index in [1.807, 2.05) is 18.2 Å². The molecular formula is C24H31N3O3. The zero-order chi connectivity index (χ0) is 21.3. The Labute approximate surface area is 178 Å². The Morgan fingerprint density at radius 1 is 1.07 bits per heavy atom. The maximum atomic E-state index is 12.9. The minimum atomic E-state index is -0.153. The van der Waals surface area contributed by atoms with Gasteiger partial charge in [-0.3, -0.25) is 14.5 Å². The first kappa shape index (κ1) is 21.8. The zero-order valence-electron chi connectivity index (χ0n) is 17.8. The van der Waals surface area contributed by atoms with Gasteiger partial charge in [-0.2, -0.15) is 0 Å². The summed E-state index contributed by atoms with van der Waals surface area (Å²) in [4.78, 5) is 26.9. The highest BCUT2D eigenvalue weighted by molar-refractivity contribution is 5.97. The van der Waals surface area contributed by atoms with Gasteiger partial charge in [-0.1, -0.05) is 37.6 Å². The summed E-state index contributed by atoms with van der Waals surface area (Å²) in [5.41, 5.74) is 2.25. The summed E-state index contributed by atoms with van der Waals surface area (Å²) in [7, 11) is 1.68. The first-order valence-corrected chi connectivity index (χ1v) is 10.7. The summed E-state index contributed by atoms with van der Waals surface area (Å²) in [6.45, 7) is 4.31. The van der Waals surface area contributed by atoms with Crippen LogP contribution in [0.1, 0.15) is 54.6 Å². The fourth-order valence-corrected chi connectivity index (χ4v) is 3.89. The lowest BCUT2D eigenvalue weighted by Gasteiger charge is -2.35. The molecule has 2 aromatic carbocycles. The standard InChI is InChI=1S/C24H31N3O3/c1-3-23(28)26-19-11-9-10-18(16-19)24(29)25-17-21(27-14-7-4-8-15-27)20-12-5-6-13-22(20)30-2/h5-6,9-13,16,21H,3-4,7-8,14-15,17H2,1-2H3,(H,25,29)(H,26,28). The molecule has 2 amide bonds. The van der Waals surface area contributed by atoms with E-state index in [0.717, 1.165) is 24.4 Å². The fraction of sp³-hybridized carbons (Fsp3) is 0.417. The van der Waals surface area contributed by atoms with Crippen LogP contribution in [-0.4, -0.2) is 43.5 Å². The van der Waals surface area contributed by atoms with E-state index in [-0.39, 0.29) is 17.9 Å². The molecule has 0 bridgehead atoms. The van der Waals surface area contributed by atoms with Gasteiger partial charge < -0.3 is 15.4 Å². The molecule has 1 heterocycles. The molecular weight excluding hydrogens is 378 g/mol. The zero-order valence-corrected chi connectivity index (χ0v) is 17.8. The molecule has 1 fully saturated rings. The van der Waals surface area contributed by atoms with E-state index < -0.39 is 0 Å². The monoisotopic (exact) mass is 409 g/mol. The van der Waals surface area contributed by atoms with Gasteiger partial charge in [-0.25, -0.2) is 0 Å². The fourth-order valence-electron chi connectivity index (χ4n) is 3.89. The largest absolute Gasteiger partial charge is 0.496 e. The molecule has 1 aliphatic heterocycles. The number of rotatable bonds is 8. The normalized spacial score (nSPS) is 15.3. The number of hydrogen-bond donors (Lipinski definition) is 2. The Bertz CT molecular complexity index is 862. The van der Waals surface area contributed by atoms with E-state index in [2.05, 4.69) is 21.6 Å². The number of nitrogens with one attached hydrogen (secondary N) is 2. The molecule has 1 unspecified atom stereocenters. The predicted octanol–water partition coefficient (Wildman–Crippen LogP) is 4.00. The number of carbonyl (C=O) groups is 2. The number of amides is 2. The molecule has 1 atom stereocenters. The predicted molar refractivity (Wildman–Crippen MR) is 119 cm³/mol. The summed E-state index contributed by atoms with van der Waals surface area (Å²) in [6.07, 6.45) is 3.97. The third-order valence-corrected chi connectivity index (χ3v) is 5.51. The van der Waals surface area contributed by atoms with Crippen molar-refractivity contribution in [2.45, 2.75) is 38.6 Å². The second kappa shape index (κ2) is 10.8. The van der Waals surface area contributed by atoms with Crippen molar-refractivity contribution >= 4 is 17.5 Å². The molecule has 3 rings (SSSR count). The van der Waals surface area contributed by atoms with Gasteiger partial charge in [0.25, 0.3) is 5.91 Å². The first-order chi connectivity index (χ1) is 14.6. The quantitative estimate of drug-likeness (QED) is 0.691. The van der Waals surface area contributed by atoms with Gasteiger partial charge in [-0.15, -0.1) is 0 Å². The number of para-hydroxylation sites is 1. The summed E-state index contributed by atoms with van der Waals surface area (Å²) >= 11 is 0. The molecule has 2 N–H and O–H groups in total. The minimum Gasteiger partial charge on any atom is -0.496 e. The second-order valence-corrected chi connectivity index (χ2v) is 7.55. The molecule has 30 heavy (non-hydrogen) atoms. The van der Waals surface area contributed by atoms with Gasteiger partial charge in [0.05, 0.1) is 13.2 Å². The van der Waals surface area contributed by atoms with Crippen molar-refractivity contribution in [1.82, 2.24) is 10.2 Å². The van der Waals surface area contributed by atoms with Crippen LogP contribution in [0, 0.1) is 0 Å². The Morgan fingerprint density at radius 2 is 1.83 bits per heavy atom. The number of anilines is 1. The average molecular weight is 410 g/mol. The Hall–Kier alpha value is -2.86. The lowest BCUT2D eigenvalue weighted by Crippen LogP contribution is -2.40. The molecule has 0 radical (unpaired) electrons. The summed E-state index contributed by atoms with van der Waals surface area (Å²) in [5, 5.41) is 5.89. The number of piperidine rings is 1. The number of likely N-dealkylation sites (tertiary alicyclic amines) is 1. The van der Waals surface area contributed by atoms with Crippen molar-refractivity contribution in [3.05, 3.63) is 59.7 Å². The van der Waals surface area contributed by atoms with E-state index in [1.54, 1.807) is 38.3 Å². The maximum absolute atomic E-state index is 12.9. The van der Waals surface area contributed by atoms with E-state index in [0.29, 0.717) is 24.2 Å². The third kappa shape index (κ3) is 5.60. The lowest BCUT2D eigenvalue weighted by molar-refractivity contribution is -0.115. The molecule has 0 saturated carbocycles. The van der Waals surface area contributed by atoms with Crippen LogP contribution < -0.4 is 15.4 Å². The molecule has 6 heteroatoms. The number of hydrogen-bond acceptors (Lipinski definition) is 4. The van der Waals surface area contributed by atoms with E-state index in [9.17, 15) is 9.59 Å². The minimum absolute atomic E-state index is 0.0494. The van der Waals surface area contributed by atoms with Crippen molar-refractivity contribution in [2.24, 2.45) is 0 Å². The van der Waals surface area contributed by atoms with Crippen LogP contribution in [0.15, 0.2) is 48.5 Å². The third-order valence-electron chi connectivity index (χ3n) is 5.51. The Kier molecular flexibility index (Phi) is 7.85. The summed E-state index contributed by atoms with van der Waals surface area (Å²) < 4.78 is 5.59. The highest BCUT2D eigenvalue weighted by Crippen LogP contribution is 2.31. The molecule has 6 nitrogen and oxygen atoms in total. The van der Waals surface area contributed by atoms with Crippen molar-refractivity contribution in [2.75, 3.05) is 32.1 Å². The molecule has 1 saturated heterocycles. The lowest BCUT2D eigenvalue weighted by atomic mass is 10.0.